The van der Waals surface area contributed by atoms with E-state index in [-0.39, 0.29) is 0 Å². The normalized spacial score (nSPS) is 11.0. The minimum absolute atomic E-state index is 0.497. The van der Waals surface area contributed by atoms with Crippen LogP contribution in [-0.2, 0) is 0 Å². The predicted molar refractivity (Wildman–Crippen MR) is 81.8 cm³/mol. The van der Waals surface area contributed by atoms with E-state index in [1.54, 1.807) is 24.1 Å². The number of hydrogen-bond acceptors (Lipinski definition) is 6. The Balaban J connectivity index is 1.66. The Kier molecular flexibility index (Phi) is 3.42. The molecule has 1 aromatic carbocycles. The summed E-state index contributed by atoms with van der Waals surface area (Å²) in [6, 6.07) is 7.99. The summed E-state index contributed by atoms with van der Waals surface area (Å²) in [5, 5.41) is 6.55. The largest absolute Gasteiger partial charge is 0.383 e. The van der Waals surface area contributed by atoms with Crippen molar-refractivity contribution >= 4 is 28.5 Å². The minimum Gasteiger partial charge on any atom is -0.383 e. The Hall–Kier alpha value is -2.67. The maximum Gasteiger partial charge on any atom is 0.205 e. The third-order valence-electron chi connectivity index (χ3n) is 2.62. The molecule has 0 spiro atoms. The number of nitrogen functional groups attached to an aromatic ring is 1. The molecule has 0 radical (unpaired) electrons. The van der Waals surface area contributed by atoms with Crippen molar-refractivity contribution < 1.29 is 0 Å². The molecule has 0 amide bonds. The molecule has 6 nitrogen and oxygen atoms in total. The van der Waals surface area contributed by atoms with Crippen molar-refractivity contribution in [3.05, 3.63) is 47.7 Å². The van der Waals surface area contributed by atoms with Crippen molar-refractivity contribution in [2.75, 3.05) is 11.2 Å². The summed E-state index contributed by atoms with van der Waals surface area (Å²) < 4.78 is 0. The summed E-state index contributed by atoms with van der Waals surface area (Å²) in [6.07, 6.45) is 5.18. The summed E-state index contributed by atoms with van der Waals surface area (Å²) in [7, 11) is 0. The van der Waals surface area contributed by atoms with Gasteiger partial charge in [0.1, 0.15) is 5.82 Å². The maximum absolute atomic E-state index is 5.52. The second-order valence-corrected chi connectivity index (χ2v) is 4.89. The number of anilines is 2. The van der Waals surface area contributed by atoms with Crippen LogP contribution in [0.4, 0.5) is 10.9 Å². The van der Waals surface area contributed by atoms with Crippen LogP contribution in [0.5, 0.6) is 0 Å². The smallest absolute Gasteiger partial charge is 0.205 e. The lowest BCUT2D eigenvalue weighted by molar-refractivity contribution is 1.29. The van der Waals surface area contributed by atoms with Crippen LogP contribution in [0.1, 0.15) is 5.56 Å². The molecule has 2 heterocycles. The molecule has 0 unspecified atom stereocenters. The van der Waals surface area contributed by atoms with E-state index < -0.39 is 0 Å². The standard InChI is InChI=1S/C13H12N6S/c14-12-7-20-13(18-12)19-17-5-9-1-3-10(4-2-9)11-6-15-8-16-11/h1-8H,14H2,(H,15,16)(H,18,19). The topological polar surface area (TPSA) is 92.0 Å². The first kappa shape index (κ1) is 12.4. The molecule has 0 aliphatic carbocycles. The lowest BCUT2D eigenvalue weighted by atomic mass is 10.1. The highest BCUT2D eigenvalue weighted by molar-refractivity contribution is 7.14. The average molecular weight is 284 g/mol. The van der Waals surface area contributed by atoms with Gasteiger partial charge in [-0.05, 0) is 11.1 Å². The highest BCUT2D eigenvalue weighted by atomic mass is 32.1. The minimum atomic E-state index is 0.497. The molecular weight excluding hydrogens is 272 g/mol. The summed E-state index contributed by atoms with van der Waals surface area (Å²) in [6.45, 7) is 0. The predicted octanol–water partition coefficient (Wildman–Crippen LogP) is 2.56. The third-order valence-corrected chi connectivity index (χ3v) is 3.38. The zero-order chi connectivity index (χ0) is 13.8. The molecular formula is C13H12N6S. The molecule has 0 aliphatic rings. The van der Waals surface area contributed by atoms with Gasteiger partial charge >= 0.3 is 0 Å². The van der Waals surface area contributed by atoms with Gasteiger partial charge in [0.25, 0.3) is 0 Å². The quantitative estimate of drug-likeness (QED) is 0.507. The van der Waals surface area contributed by atoms with Crippen molar-refractivity contribution in [1.29, 1.82) is 0 Å². The average Bonchev–Trinajstić information content (AvgIpc) is 3.11. The molecule has 20 heavy (non-hydrogen) atoms. The van der Waals surface area contributed by atoms with Crippen LogP contribution >= 0.6 is 11.3 Å². The summed E-state index contributed by atoms with van der Waals surface area (Å²) >= 11 is 1.41. The molecule has 0 saturated heterocycles. The Morgan fingerprint density at radius 3 is 2.80 bits per heavy atom. The lowest BCUT2D eigenvalue weighted by Gasteiger charge is -1.98. The van der Waals surface area contributed by atoms with E-state index in [0.29, 0.717) is 10.9 Å². The number of thiazole rings is 1. The number of aromatic nitrogens is 3. The van der Waals surface area contributed by atoms with Gasteiger partial charge in [-0.2, -0.15) is 5.10 Å². The van der Waals surface area contributed by atoms with Gasteiger partial charge in [-0.15, -0.1) is 11.3 Å². The van der Waals surface area contributed by atoms with Crippen molar-refractivity contribution in [1.82, 2.24) is 15.0 Å². The number of nitrogens with two attached hydrogens (primary N) is 1. The van der Waals surface area contributed by atoms with E-state index in [9.17, 15) is 0 Å². The van der Waals surface area contributed by atoms with E-state index in [2.05, 4.69) is 25.5 Å². The second kappa shape index (κ2) is 5.54. The number of benzene rings is 1. The number of hydrogen-bond donors (Lipinski definition) is 3. The van der Waals surface area contributed by atoms with Crippen molar-refractivity contribution in [2.45, 2.75) is 0 Å². The molecule has 3 rings (SSSR count). The van der Waals surface area contributed by atoms with Gasteiger partial charge in [0.05, 0.1) is 24.4 Å². The third kappa shape index (κ3) is 2.83. The number of aromatic amines is 1. The first-order chi connectivity index (χ1) is 9.81. The number of H-pyrrole nitrogens is 1. The molecule has 0 saturated carbocycles. The Labute approximate surface area is 119 Å². The van der Waals surface area contributed by atoms with Crippen molar-refractivity contribution in [2.24, 2.45) is 5.10 Å². The fourth-order valence-electron chi connectivity index (χ4n) is 1.66. The van der Waals surface area contributed by atoms with E-state index in [4.69, 9.17) is 5.73 Å². The highest BCUT2D eigenvalue weighted by Crippen LogP contribution is 2.17. The van der Waals surface area contributed by atoms with Crippen LogP contribution < -0.4 is 11.2 Å². The first-order valence-corrected chi connectivity index (χ1v) is 6.78. The Bertz CT molecular complexity index is 699. The number of hydrazone groups is 1. The summed E-state index contributed by atoms with van der Waals surface area (Å²) in [4.78, 5) is 11.1. The fourth-order valence-corrected chi connectivity index (χ4v) is 2.21. The Morgan fingerprint density at radius 1 is 1.30 bits per heavy atom. The van der Waals surface area contributed by atoms with Gasteiger partial charge in [-0.1, -0.05) is 24.3 Å². The van der Waals surface area contributed by atoms with Crippen LogP contribution in [0, 0.1) is 0 Å². The first-order valence-electron chi connectivity index (χ1n) is 5.90. The van der Waals surface area contributed by atoms with Gasteiger partial charge in [0.15, 0.2) is 0 Å². The second-order valence-electron chi connectivity index (χ2n) is 4.03. The molecule has 0 aliphatic heterocycles. The molecule has 7 heteroatoms. The van der Waals surface area contributed by atoms with Gasteiger partial charge in [0, 0.05) is 5.38 Å². The van der Waals surface area contributed by atoms with E-state index in [1.807, 2.05) is 24.3 Å². The SMILES string of the molecule is Nc1csc(NN=Cc2ccc(-c3cnc[nH]3)cc2)n1. The van der Waals surface area contributed by atoms with Crippen LogP contribution in [0.25, 0.3) is 11.3 Å². The number of imidazole rings is 1. The van der Waals surface area contributed by atoms with Gasteiger partial charge in [-0.25, -0.2) is 9.97 Å². The van der Waals surface area contributed by atoms with Crippen LogP contribution in [0.2, 0.25) is 0 Å². The lowest BCUT2D eigenvalue weighted by Crippen LogP contribution is -1.91. The van der Waals surface area contributed by atoms with Crippen LogP contribution in [-0.4, -0.2) is 21.2 Å². The fraction of sp³-hybridized carbons (Fsp3) is 0. The number of nitrogens with one attached hydrogen (secondary N) is 2. The molecule has 3 aromatic rings. The van der Waals surface area contributed by atoms with Gasteiger partial charge in [-0.3, -0.25) is 5.43 Å². The zero-order valence-electron chi connectivity index (χ0n) is 10.4. The van der Waals surface area contributed by atoms with Crippen molar-refractivity contribution in [3.63, 3.8) is 0 Å². The monoisotopic (exact) mass is 284 g/mol. The highest BCUT2D eigenvalue weighted by Gasteiger charge is 1.98. The van der Waals surface area contributed by atoms with Gasteiger partial charge < -0.3 is 10.7 Å². The molecule has 100 valence electrons. The van der Waals surface area contributed by atoms with Crippen LogP contribution in [0.15, 0.2) is 47.3 Å². The molecule has 0 bridgehead atoms. The summed E-state index contributed by atoms with van der Waals surface area (Å²) in [5.74, 6) is 0.497. The number of nitrogens with zero attached hydrogens (tertiary/aromatic N) is 3. The summed E-state index contributed by atoms with van der Waals surface area (Å²) in [5.41, 5.74) is 11.4. The molecule has 0 atom stereocenters. The van der Waals surface area contributed by atoms with Crippen LogP contribution in [0.3, 0.4) is 0 Å². The zero-order valence-corrected chi connectivity index (χ0v) is 11.3. The van der Waals surface area contributed by atoms with Crippen molar-refractivity contribution in [3.8, 4) is 11.3 Å². The Morgan fingerprint density at radius 2 is 2.15 bits per heavy atom. The maximum atomic E-state index is 5.52. The van der Waals surface area contributed by atoms with Gasteiger partial charge in [0.2, 0.25) is 5.13 Å². The number of rotatable bonds is 4. The van der Waals surface area contributed by atoms with E-state index in [0.717, 1.165) is 16.8 Å². The molecule has 4 N–H and O–H groups in total. The molecule has 0 fully saturated rings. The van der Waals surface area contributed by atoms with E-state index in [1.165, 1.54) is 11.3 Å². The molecule has 2 aromatic heterocycles. The van der Waals surface area contributed by atoms with E-state index >= 15 is 0 Å².